The number of anilines is 2. The average Bonchev–Trinajstić information content (AvgIpc) is 2.42. The van der Waals surface area contributed by atoms with Crippen molar-refractivity contribution in [2.24, 2.45) is 0 Å². The predicted octanol–water partition coefficient (Wildman–Crippen LogP) is 1.00. The van der Waals surface area contributed by atoms with Crippen molar-refractivity contribution in [2.45, 2.75) is 39.8 Å². The highest BCUT2D eigenvalue weighted by Crippen LogP contribution is 2.25. The molecule has 0 saturated carbocycles. The fraction of sp³-hybridized carbons (Fsp3) is 0.727. The van der Waals surface area contributed by atoms with Crippen LogP contribution in [0.4, 0.5) is 11.5 Å². The fourth-order valence-corrected chi connectivity index (χ4v) is 1.84. The second-order valence-corrected chi connectivity index (χ2v) is 4.28. The zero-order valence-electron chi connectivity index (χ0n) is 10.6. The Kier molecular flexibility index (Phi) is 4.18. The molecule has 1 aromatic heterocycles. The number of nitrogens with two attached hydrogens (primary N) is 1. The fourth-order valence-electron chi connectivity index (χ4n) is 1.84. The molecule has 0 aliphatic heterocycles. The van der Waals surface area contributed by atoms with E-state index in [1.165, 1.54) is 0 Å². The van der Waals surface area contributed by atoms with Crippen LogP contribution >= 0.6 is 0 Å². The molecule has 0 radical (unpaired) electrons. The number of nitrogens with zero attached hydrogens (tertiary/aromatic N) is 3. The first-order valence-electron chi connectivity index (χ1n) is 5.69. The van der Waals surface area contributed by atoms with Crippen molar-refractivity contribution in [3.63, 3.8) is 0 Å². The second-order valence-electron chi connectivity index (χ2n) is 4.28. The second kappa shape index (κ2) is 5.21. The summed E-state index contributed by atoms with van der Waals surface area (Å²) in [6.07, 6.45) is 0.630. The normalized spacial score (nSPS) is 12.8. The molecule has 5 heteroatoms. The van der Waals surface area contributed by atoms with Gasteiger partial charge in [-0.15, -0.1) is 0 Å². The minimum atomic E-state index is -0.380. The molecule has 0 fully saturated rings. The van der Waals surface area contributed by atoms with E-state index in [4.69, 9.17) is 5.73 Å². The Hall–Kier alpha value is -1.23. The van der Waals surface area contributed by atoms with Gasteiger partial charge < -0.3 is 15.7 Å². The first-order chi connectivity index (χ1) is 7.47. The lowest BCUT2D eigenvalue weighted by atomic mass is 10.3. The third-order valence-corrected chi connectivity index (χ3v) is 2.48. The Morgan fingerprint density at radius 2 is 2.19 bits per heavy atom. The molecule has 16 heavy (non-hydrogen) atoms. The van der Waals surface area contributed by atoms with Crippen LogP contribution in [0.1, 0.15) is 26.0 Å². The lowest BCUT2D eigenvalue weighted by Gasteiger charge is -2.22. The number of hydrogen-bond acceptors (Lipinski definition) is 4. The van der Waals surface area contributed by atoms with E-state index in [0.717, 1.165) is 24.5 Å². The Balaban J connectivity index is 2.99. The van der Waals surface area contributed by atoms with E-state index >= 15 is 0 Å². The van der Waals surface area contributed by atoms with Gasteiger partial charge in [0.25, 0.3) is 0 Å². The van der Waals surface area contributed by atoms with Gasteiger partial charge in [-0.25, -0.2) is 4.68 Å². The van der Waals surface area contributed by atoms with E-state index in [1.807, 2.05) is 23.6 Å². The highest BCUT2D eigenvalue weighted by atomic mass is 16.3. The van der Waals surface area contributed by atoms with E-state index < -0.39 is 0 Å². The molecule has 1 atom stereocenters. The van der Waals surface area contributed by atoms with Crippen LogP contribution in [-0.4, -0.2) is 34.6 Å². The maximum Gasteiger partial charge on any atom is 0.150 e. The van der Waals surface area contributed by atoms with Gasteiger partial charge in [-0.3, -0.25) is 0 Å². The Labute approximate surface area is 96.9 Å². The van der Waals surface area contributed by atoms with Crippen LogP contribution in [0.15, 0.2) is 0 Å². The van der Waals surface area contributed by atoms with Crippen LogP contribution < -0.4 is 10.6 Å². The predicted molar refractivity (Wildman–Crippen MR) is 66.6 cm³/mol. The molecule has 1 heterocycles. The molecule has 5 nitrogen and oxygen atoms in total. The van der Waals surface area contributed by atoms with E-state index in [2.05, 4.69) is 12.0 Å². The Bertz CT molecular complexity index is 346. The van der Waals surface area contributed by atoms with Crippen molar-refractivity contribution in [3.05, 3.63) is 5.69 Å². The summed E-state index contributed by atoms with van der Waals surface area (Å²) in [6, 6.07) is 0. The molecule has 0 saturated heterocycles. The van der Waals surface area contributed by atoms with Crippen molar-refractivity contribution in [1.29, 1.82) is 0 Å². The van der Waals surface area contributed by atoms with Gasteiger partial charge in [-0.05, 0) is 20.3 Å². The van der Waals surface area contributed by atoms with Gasteiger partial charge in [-0.1, -0.05) is 6.92 Å². The molecular formula is C11H22N4O. The molecule has 0 aliphatic rings. The summed E-state index contributed by atoms with van der Waals surface area (Å²) in [5.41, 5.74) is 7.56. The average molecular weight is 226 g/mol. The van der Waals surface area contributed by atoms with E-state index in [0.29, 0.717) is 12.2 Å². The van der Waals surface area contributed by atoms with Gasteiger partial charge in [0.05, 0.1) is 17.5 Å². The topological polar surface area (TPSA) is 67.3 Å². The van der Waals surface area contributed by atoms with Crippen LogP contribution in [0.5, 0.6) is 0 Å². The van der Waals surface area contributed by atoms with Crippen LogP contribution in [0.2, 0.25) is 0 Å². The molecule has 0 bridgehead atoms. The summed E-state index contributed by atoms with van der Waals surface area (Å²) in [5.74, 6) is 0.903. The van der Waals surface area contributed by atoms with Crippen molar-refractivity contribution in [1.82, 2.24) is 9.78 Å². The molecule has 92 valence electrons. The molecule has 3 N–H and O–H groups in total. The summed E-state index contributed by atoms with van der Waals surface area (Å²) in [5, 5.41) is 13.8. The number of nitrogen functional groups attached to an aromatic ring is 1. The number of aromatic nitrogens is 2. The quantitative estimate of drug-likeness (QED) is 0.786. The van der Waals surface area contributed by atoms with Gasteiger partial charge in [-0.2, -0.15) is 5.10 Å². The van der Waals surface area contributed by atoms with E-state index in [9.17, 15) is 5.11 Å². The largest absolute Gasteiger partial charge is 0.394 e. The maximum absolute atomic E-state index is 9.39. The standard InChI is InChI=1S/C11H22N4O/c1-5-6-15-11(10(12)9(3)13-15)14(4)7-8(2)16/h8,16H,5-7,12H2,1-4H3. The molecule has 0 aliphatic carbocycles. The van der Waals surface area contributed by atoms with Crippen molar-refractivity contribution in [3.8, 4) is 0 Å². The Morgan fingerprint density at radius 3 is 2.69 bits per heavy atom. The number of rotatable bonds is 5. The van der Waals surface area contributed by atoms with Crippen LogP contribution in [-0.2, 0) is 6.54 Å². The van der Waals surface area contributed by atoms with E-state index in [-0.39, 0.29) is 6.10 Å². The summed E-state index contributed by atoms with van der Waals surface area (Å²) < 4.78 is 1.91. The van der Waals surface area contributed by atoms with Gasteiger partial charge in [0, 0.05) is 20.1 Å². The lowest BCUT2D eigenvalue weighted by molar-refractivity contribution is 0.201. The molecule has 0 aromatic carbocycles. The zero-order valence-corrected chi connectivity index (χ0v) is 10.6. The van der Waals surface area contributed by atoms with Crippen LogP contribution in [0.25, 0.3) is 0 Å². The Morgan fingerprint density at radius 1 is 1.56 bits per heavy atom. The highest BCUT2D eigenvalue weighted by Gasteiger charge is 2.16. The monoisotopic (exact) mass is 226 g/mol. The third-order valence-electron chi connectivity index (χ3n) is 2.48. The summed E-state index contributed by atoms with van der Waals surface area (Å²) in [4.78, 5) is 1.95. The van der Waals surface area contributed by atoms with Gasteiger partial charge in [0.2, 0.25) is 0 Å². The summed E-state index contributed by atoms with van der Waals surface area (Å²) >= 11 is 0. The van der Waals surface area contributed by atoms with Gasteiger partial charge >= 0.3 is 0 Å². The van der Waals surface area contributed by atoms with Gasteiger partial charge in [0.1, 0.15) is 5.82 Å². The van der Waals surface area contributed by atoms with Crippen molar-refractivity contribution < 1.29 is 5.11 Å². The molecule has 1 unspecified atom stereocenters. The lowest BCUT2D eigenvalue weighted by Crippen LogP contribution is -2.29. The van der Waals surface area contributed by atoms with Gasteiger partial charge in [0.15, 0.2) is 0 Å². The number of hydrogen-bond donors (Lipinski definition) is 2. The molecule has 1 aromatic rings. The molecule has 0 amide bonds. The number of aliphatic hydroxyl groups excluding tert-OH is 1. The summed E-state index contributed by atoms with van der Waals surface area (Å²) in [6.45, 7) is 7.17. The SMILES string of the molecule is CCCn1nc(C)c(N)c1N(C)CC(C)O. The third kappa shape index (κ3) is 2.66. The minimum absolute atomic E-state index is 0.380. The number of aryl methyl sites for hydroxylation is 2. The van der Waals surface area contributed by atoms with E-state index in [1.54, 1.807) is 6.92 Å². The highest BCUT2D eigenvalue weighted by molar-refractivity contribution is 5.65. The first-order valence-corrected chi connectivity index (χ1v) is 5.69. The maximum atomic E-state index is 9.39. The molecule has 1 rings (SSSR count). The zero-order chi connectivity index (χ0) is 12.3. The number of aliphatic hydroxyl groups is 1. The smallest absolute Gasteiger partial charge is 0.150 e. The first kappa shape index (κ1) is 12.8. The van der Waals surface area contributed by atoms with Crippen molar-refractivity contribution >= 4 is 11.5 Å². The summed E-state index contributed by atoms with van der Waals surface area (Å²) in [7, 11) is 1.92. The van der Waals surface area contributed by atoms with Crippen LogP contribution in [0.3, 0.4) is 0 Å². The molecular weight excluding hydrogens is 204 g/mol. The molecule has 0 spiro atoms. The van der Waals surface area contributed by atoms with Crippen molar-refractivity contribution in [2.75, 3.05) is 24.2 Å². The number of likely N-dealkylation sites (N-methyl/N-ethyl adjacent to an activating group) is 1. The van der Waals surface area contributed by atoms with Crippen LogP contribution in [0, 0.1) is 6.92 Å². The minimum Gasteiger partial charge on any atom is -0.394 e.